The zero-order chi connectivity index (χ0) is 14.8. The largest absolute Gasteiger partial charge is 0.388 e. The van der Waals surface area contributed by atoms with Crippen LogP contribution in [0.2, 0.25) is 5.15 Å². The van der Waals surface area contributed by atoms with Crippen molar-refractivity contribution >= 4 is 11.6 Å². The zero-order valence-electron chi connectivity index (χ0n) is 12.3. The van der Waals surface area contributed by atoms with Crippen molar-refractivity contribution in [3.05, 3.63) is 47.0 Å². The summed E-state index contributed by atoms with van der Waals surface area (Å²) >= 11 is 5.95. The first kappa shape index (κ1) is 14.6. The van der Waals surface area contributed by atoms with E-state index in [2.05, 4.69) is 11.9 Å². The second-order valence-electron chi connectivity index (χ2n) is 5.98. The third-order valence-electron chi connectivity index (χ3n) is 4.49. The van der Waals surface area contributed by atoms with Crippen molar-refractivity contribution in [2.75, 3.05) is 0 Å². The summed E-state index contributed by atoms with van der Waals surface area (Å²) in [6.45, 7) is 2.06. The Morgan fingerprint density at radius 1 is 1.29 bits per heavy atom. The molecule has 1 unspecified atom stereocenters. The molecule has 0 amide bonds. The molecule has 0 aliphatic heterocycles. The van der Waals surface area contributed by atoms with E-state index < -0.39 is 0 Å². The average Bonchev–Trinajstić information content (AvgIpc) is 2.89. The average molecular weight is 305 g/mol. The molecule has 1 fully saturated rings. The zero-order valence-corrected chi connectivity index (χ0v) is 13.1. The van der Waals surface area contributed by atoms with Gasteiger partial charge in [-0.05, 0) is 43.4 Å². The van der Waals surface area contributed by atoms with E-state index in [0.717, 1.165) is 29.7 Å². The molecule has 1 aliphatic carbocycles. The second-order valence-corrected chi connectivity index (χ2v) is 6.37. The summed E-state index contributed by atoms with van der Waals surface area (Å²) < 4.78 is 2.02. The number of aryl methyl sites for hydroxylation is 1. The minimum Gasteiger partial charge on any atom is -0.388 e. The monoisotopic (exact) mass is 304 g/mol. The number of aromatic nitrogens is 2. The van der Waals surface area contributed by atoms with Gasteiger partial charge >= 0.3 is 0 Å². The number of nitrogens with zero attached hydrogens (tertiary/aromatic N) is 2. The van der Waals surface area contributed by atoms with E-state index in [1.165, 1.54) is 19.3 Å². The van der Waals surface area contributed by atoms with Gasteiger partial charge in [0.1, 0.15) is 5.15 Å². The molecule has 0 aromatic carbocycles. The minimum atomic E-state index is -0.358. The van der Waals surface area contributed by atoms with Gasteiger partial charge in [0.25, 0.3) is 0 Å². The Balaban J connectivity index is 1.87. The summed E-state index contributed by atoms with van der Waals surface area (Å²) in [5.41, 5.74) is 3.14. The van der Waals surface area contributed by atoms with Crippen LogP contribution in [0.3, 0.4) is 0 Å². The van der Waals surface area contributed by atoms with Crippen LogP contribution in [0.15, 0.2) is 30.7 Å². The van der Waals surface area contributed by atoms with Gasteiger partial charge < -0.3 is 9.67 Å². The van der Waals surface area contributed by atoms with Crippen LogP contribution < -0.4 is 0 Å². The van der Waals surface area contributed by atoms with Gasteiger partial charge in [0.15, 0.2) is 0 Å². The van der Waals surface area contributed by atoms with Crippen molar-refractivity contribution in [1.82, 2.24) is 9.55 Å². The third kappa shape index (κ3) is 3.14. The normalized spacial score (nSPS) is 17.9. The number of hydrogen-bond acceptors (Lipinski definition) is 2. The number of pyridine rings is 1. The van der Waals surface area contributed by atoms with E-state index in [9.17, 15) is 5.11 Å². The van der Waals surface area contributed by atoms with E-state index in [-0.39, 0.29) is 6.10 Å². The van der Waals surface area contributed by atoms with Crippen molar-refractivity contribution < 1.29 is 5.11 Å². The van der Waals surface area contributed by atoms with Crippen molar-refractivity contribution in [2.45, 2.75) is 45.1 Å². The summed E-state index contributed by atoms with van der Waals surface area (Å²) in [4.78, 5) is 4.01. The van der Waals surface area contributed by atoms with Crippen LogP contribution in [0.25, 0.3) is 5.69 Å². The minimum absolute atomic E-state index is 0.358. The molecule has 1 aliphatic rings. The predicted octanol–water partition coefficient (Wildman–Crippen LogP) is 4.45. The Hall–Kier alpha value is -1.32. The highest BCUT2D eigenvalue weighted by molar-refractivity contribution is 6.29. The quantitative estimate of drug-likeness (QED) is 0.851. The molecule has 0 bridgehead atoms. The SMILES string of the molecule is Cc1cn(-c2ccnc(Cl)c2)cc1C(O)C1CCCCC1. The molecule has 2 aromatic heterocycles. The summed E-state index contributed by atoms with van der Waals surface area (Å²) in [6.07, 6.45) is 11.5. The van der Waals surface area contributed by atoms with Crippen LogP contribution in [0.5, 0.6) is 0 Å². The highest BCUT2D eigenvalue weighted by Crippen LogP contribution is 2.36. The standard InChI is InChI=1S/C17H21ClN2O/c1-12-10-20(14-7-8-19-16(18)9-14)11-15(12)17(21)13-5-3-2-4-6-13/h7-11,13,17,21H,2-6H2,1H3. The Morgan fingerprint density at radius 2 is 2.05 bits per heavy atom. The molecule has 0 saturated heterocycles. The summed E-state index contributed by atoms with van der Waals surface area (Å²) in [5, 5.41) is 11.2. The van der Waals surface area contributed by atoms with Gasteiger partial charge in [0.05, 0.1) is 6.10 Å². The summed E-state index contributed by atoms with van der Waals surface area (Å²) in [7, 11) is 0. The first-order valence-corrected chi connectivity index (χ1v) is 8.01. The summed E-state index contributed by atoms with van der Waals surface area (Å²) in [6, 6.07) is 3.75. The van der Waals surface area contributed by atoms with Gasteiger partial charge in [-0.3, -0.25) is 0 Å². The van der Waals surface area contributed by atoms with Crippen LogP contribution in [-0.2, 0) is 0 Å². The van der Waals surface area contributed by atoms with Gasteiger partial charge in [-0.25, -0.2) is 4.98 Å². The maximum absolute atomic E-state index is 10.7. The number of hydrogen-bond donors (Lipinski definition) is 1. The Labute approximate surface area is 130 Å². The number of rotatable bonds is 3. The van der Waals surface area contributed by atoms with Gasteiger partial charge in [0, 0.05) is 29.8 Å². The second kappa shape index (κ2) is 6.20. The predicted molar refractivity (Wildman–Crippen MR) is 84.8 cm³/mol. The molecule has 112 valence electrons. The Morgan fingerprint density at radius 3 is 2.76 bits per heavy atom. The number of aliphatic hydroxyl groups excluding tert-OH is 1. The third-order valence-corrected chi connectivity index (χ3v) is 4.70. The Kier molecular flexibility index (Phi) is 4.32. The molecule has 1 saturated carbocycles. The van der Waals surface area contributed by atoms with Gasteiger partial charge in [-0.1, -0.05) is 30.9 Å². The molecule has 21 heavy (non-hydrogen) atoms. The lowest BCUT2D eigenvalue weighted by molar-refractivity contribution is 0.0844. The fourth-order valence-electron chi connectivity index (χ4n) is 3.29. The Bertz CT molecular complexity index is 617. The molecule has 3 rings (SSSR count). The first-order chi connectivity index (χ1) is 10.1. The van der Waals surface area contributed by atoms with Crippen molar-refractivity contribution in [3.63, 3.8) is 0 Å². The molecule has 2 heterocycles. The number of halogens is 1. The highest BCUT2D eigenvalue weighted by Gasteiger charge is 2.25. The van der Waals surface area contributed by atoms with E-state index >= 15 is 0 Å². The fraction of sp³-hybridized carbons (Fsp3) is 0.471. The van der Waals surface area contributed by atoms with Crippen LogP contribution in [0.1, 0.15) is 49.3 Å². The van der Waals surface area contributed by atoms with E-state index in [0.29, 0.717) is 11.1 Å². The van der Waals surface area contributed by atoms with Crippen LogP contribution >= 0.6 is 11.6 Å². The lowest BCUT2D eigenvalue weighted by atomic mass is 9.83. The molecule has 3 nitrogen and oxygen atoms in total. The number of aliphatic hydroxyl groups is 1. The lowest BCUT2D eigenvalue weighted by Crippen LogP contribution is -2.16. The lowest BCUT2D eigenvalue weighted by Gasteiger charge is -2.26. The molecule has 0 radical (unpaired) electrons. The van der Waals surface area contributed by atoms with Crippen LogP contribution in [0.4, 0.5) is 0 Å². The molecular formula is C17H21ClN2O. The van der Waals surface area contributed by atoms with E-state index in [1.54, 1.807) is 6.20 Å². The molecule has 4 heteroatoms. The fourth-order valence-corrected chi connectivity index (χ4v) is 3.46. The molecule has 0 spiro atoms. The van der Waals surface area contributed by atoms with Crippen LogP contribution in [-0.4, -0.2) is 14.7 Å². The highest BCUT2D eigenvalue weighted by atomic mass is 35.5. The van der Waals surface area contributed by atoms with Crippen molar-refractivity contribution in [2.24, 2.45) is 5.92 Å². The summed E-state index contributed by atoms with van der Waals surface area (Å²) in [5.74, 6) is 0.398. The maximum Gasteiger partial charge on any atom is 0.131 e. The first-order valence-electron chi connectivity index (χ1n) is 7.63. The van der Waals surface area contributed by atoms with E-state index in [4.69, 9.17) is 11.6 Å². The van der Waals surface area contributed by atoms with Gasteiger partial charge in [-0.2, -0.15) is 0 Å². The van der Waals surface area contributed by atoms with Crippen LogP contribution in [0, 0.1) is 12.8 Å². The topological polar surface area (TPSA) is 38.0 Å². The smallest absolute Gasteiger partial charge is 0.131 e. The molecule has 2 aromatic rings. The van der Waals surface area contributed by atoms with E-state index in [1.807, 2.05) is 29.1 Å². The molecule has 1 atom stereocenters. The van der Waals surface area contributed by atoms with Gasteiger partial charge in [0.2, 0.25) is 0 Å². The van der Waals surface area contributed by atoms with Gasteiger partial charge in [-0.15, -0.1) is 0 Å². The van der Waals surface area contributed by atoms with Crippen molar-refractivity contribution in [1.29, 1.82) is 0 Å². The van der Waals surface area contributed by atoms with Crippen molar-refractivity contribution in [3.8, 4) is 5.69 Å². The molecule has 1 N–H and O–H groups in total. The maximum atomic E-state index is 10.7. The molecular weight excluding hydrogens is 284 g/mol.